The van der Waals surface area contributed by atoms with Crippen molar-refractivity contribution in [2.75, 3.05) is 26.1 Å². The maximum absolute atomic E-state index is 10.5. The summed E-state index contributed by atoms with van der Waals surface area (Å²) in [7, 11) is 1.61. The van der Waals surface area contributed by atoms with Crippen LogP contribution in [0.4, 0.5) is 5.95 Å². The van der Waals surface area contributed by atoms with Crippen LogP contribution in [0.2, 0.25) is 0 Å². The van der Waals surface area contributed by atoms with Crippen LogP contribution in [-0.4, -0.2) is 50.0 Å². The van der Waals surface area contributed by atoms with E-state index in [2.05, 4.69) is 22.0 Å². The summed E-state index contributed by atoms with van der Waals surface area (Å²) in [6.45, 7) is 2.71. The fraction of sp³-hybridized carbons (Fsp3) is 0.391. The molecular weight excluding hydrogens is 408 g/mol. The van der Waals surface area contributed by atoms with E-state index in [1.54, 1.807) is 17.8 Å². The number of nitrogen functional groups attached to an aromatic ring is 1. The van der Waals surface area contributed by atoms with Crippen molar-refractivity contribution in [3.05, 3.63) is 53.1 Å². The van der Waals surface area contributed by atoms with Crippen LogP contribution in [0, 0.1) is 6.92 Å². The minimum Gasteiger partial charge on any atom is -0.494 e. The summed E-state index contributed by atoms with van der Waals surface area (Å²) in [4.78, 5) is 14.0. The van der Waals surface area contributed by atoms with E-state index in [1.807, 2.05) is 24.3 Å². The lowest BCUT2D eigenvalue weighted by molar-refractivity contribution is -0.184. The summed E-state index contributed by atoms with van der Waals surface area (Å²) >= 11 is 0. The van der Waals surface area contributed by atoms with Gasteiger partial charge in [0.2, 0.25) is 5.95 Å². The van der Waals surface area contributed by atoms with E-state index in [4.69, 9.17) is 20.2 Å². The Morgan fingerprint density at radius 3 is 2.72 bits per heavy atom. The Hall–Kier alpha value is -3.30. The van der Waals surface area contributed by atoms with Crippen LogP contribution in [-0.2, 0) is 10.3 Å². The quantitative estimate of drug-likeness (QED) is 0.504. The Bertz CT molecular complexity index is 1360. The maximum Gasteiger partial charge on any atom is 0.223 e. The number of nitrogens with two attached hydrogens (primary N) is 1. The lowest BCUT2D eigenvalue weighted by Gasteiger charge is -2.38. The van der Waals surface area contributed by atoms with Gasteiger partial charge in [-0.1, -0.05) is 6.07 Å². The van der Waals surface area contributed by atoms with E-state index in [9.17, 15) is 5.11 Å². The normalized spacial score (nSPS) is 22.0. The van der Waals surface area contributed by atoms with E-state index >= 15 is 0 Å². The number of anilines is 1. The molecule has 1 saturated carbocycles. The standard InChI is InChI=1S/C23H24N6O3/c1-12-6-15(23(30)10-32-11-23)9-25-18(12)13-7-14(8-13)20-27-21-16-4-3-5-17(31-2)19(16)26-22(24)29(21)28-20/h3-6,9,13-14,30H,7-8,10-11H2,1-2H3,(H2,24,26)/t13-,14+. The van der Waals surface area contributed by atoms with Crippen LogP contribution in [0.3, 0.4) is 0 Å². The largest absolute Gasteiger partial charge is 0.494 e. The van der Waals surface area contributed by atoms with Gasteiger partial charge < -0.3 is 20.3 Å². The minimum absolute atomic E-state index is 0.241. The SMILES string of the molecule is COc1cccc2c1nc(N)n1nc([C@H]3C[C@@H](c4ncc(C5(O)COC5)cc4C)C3)nc21. The highest BCUT2D eigenvalue weighted by molar-refractivity contribution is 5.95. The average Bonchev–Trinajstić information content (AvgIpc) is 3.17. The molecule has 9 heteroatoms. The Balaban J connectivity index is 1.27. The van der Waals surface area contributed by atoms with Crippen LogP contribution in [0.15, 0.2) is 30.5 Å². The molecule has 0 bridgehead atoms. The van der Waals surface area contributed by atoms with Gasteiger partial charge in [-0.05, 0) is 43.5 Å². The van der Waals surface area contributed by atoms with Gasteiger partial charge in [0.25, 0.3) is 0 Å². The summed E-state index contributed by atoms with van der Waals surface area (Å²) in [6.07, 6.45) is 3.63. The summed E-state index contributed by atoms with van der Waals surface area (Å²) in [6, 6.07) is 7.76. The van der Waals surface area contributed by atoms with Gasteiger partial charge in [0.15, 0.2) is 11.5 Å². The van der Waals surface area contributed by atoms with E-state index in [1.165, 1.54) is 0 Å². The van der Waals surface area contributed by atoms with E-state index in [0.717, 1.165) is 40.9 Å². The first-order chi connectivity index (χ1) is 15.5. The lowest BCUT2D eigenvalue weighted by atomic mass is 9.71. The van der Waals surface area contributed by atoms with Crippen molar-refractivity contribution in [1.29, 1.82) is 0 Å². The number of pyridine rings is 1. The second-order valence-electron chi connectivity index (χ2n) is 8.85. The molecule has 164 valence electrons. The molecule has 0 atom stereocenters. The molecule has 6 rings (SSSR count). The molecule has 4 heterocycles. The molecule has 4 aromatic rings. The molecule has 0 radical (unpaired) electrons. The highest BCUT2D eigenvalue weighted by Crippen LogP contribution is 2.47. The molecule has 2 aliphatic rings. The number of fused-ring (bicyclic) bond motifs is 3. The fourth-order valence-electron chi connectivity index (χ4n) is 4.76. The Morgan fingerprint density at radius 2 is 2.03 bits per heavy atom. The molecule has 1 aromatic carbocycles. The van der Waals surface area contributed by atoms with Crippen molar-refractivity contribution in [3.8, 4) is 5.75 Å². The van der Waals surface area contributed by atoms with E-state index in [0.29, 0.717) is 36.0 Å². The van der Waals surface area contributed by atoms with Gasteiger partial charge in [-0.2, -0.15) is 4.52 Å². The summed E-state index contributed by atoms with van der Waals surface area (Å²) < 4.78 is 12.2. The lowest BCUT2D eigenvalue weighted by Crippen LogP contribution is -2.46. The number of aliphatic hydroxyl groups is 1. The van der Waals surface area contributed by atoms with Gasteiger partial charge >= 0.3 is 0 Å². The van der Waals surface area contributed by atoms with Crippen LogP contribution < -0.4 is 10.5 Å². The summed E-state index contributed by atoms with van der Waals surface area (Å²) in [5, 5.41) is 16.0. The van der Waals surface area contributed by atoms with Crippen molar-refractivity contribution >= 4 is 22.5 Å². The first-order valence-electron chi connectivity index (χ1n) is 10.7. The second-order valence-corrected chi connectivity index (χ2v) is 8.85. The number of aromatic nitrogens is 5. The second kappa shape index (κ2) is 6.85. The van der Waals surface area contributed by atoms with Gasteiger partial charge in [0, 0.05) is 34.7 Å². The number of para-hydroxylation sites is 1. The predicted octanol–water partition coefficient (Wildman–Crippen LogP) is 2.45. The molecule has 9 nitrogen and oxygen atoms in total. The molecule has 0 amide bonds. The van der Waals surface area contributed by atoms with Crippen LogP contribution >= 0.6 is 0 Å². The molecular formula is C23H24N6O3. The van der Waals surface area contributed by atoms with Crippen LogP contribution in [0.5, 0.6) is 5.75 Å². The Kier molecular flexibility index (Phi) is 4.15. The van der Waals surface area contributed by atoms with Gasteiger partial charge in [0.1, 0.15) is 16.9 Å². The maximum atomic E-state index is 10.5. The number of nitrogens with zero attached hydrogens (tertiary/aromatic N) is 5. The third-order valence-electron chi connectivity index (χ3n) is 6.75. The number of hydrogen-bond donors (Lipinski definition) is 2. The van der Waals surface area contributed by atoms with Gasteiger partial charge in [-0.15, -0.1) is 5.10 Å². The minimum atomic E-state index is -0.891. The number of methoxy groups -OCH3 is 1. The molecule has 3 N–H and O–H groups in total. The van der Waals surface area contributed by atoms with Gasteiger partial charge in [0.05, 0.1) is 20.3 Å². The monoisotopic (exact) mass is 432 g/mol. The Morgan fingerprint density at radius 1 is 1.22 bits per heavy atom. The average molecular weight is 432 g/mol. The number of rotatable bonds is 4. The molecule has 0 spiro atoms. The first-order valence-corrected chi connectivity index (χ1v) is 10.7. The number of ether oxygens (including phenoxy) is 2. The highest BCUT2D eigenvalue weighted by atomic mass is 16.5. The van der Waals surface area contributed by atoms with Crippen molar-refractivity contribution < 1.29 is 14.6 Å². The van der Waals surface area contributed by atoms with Crippen molar-refractivity contribution in [1.82, 2.24) is 24.6 Å². The zero-order valence-corrected chi connectivity index (χ0v) is 17.9. The zero-order chi connectivity index (χ0) is 22.0. The van der Waals surface area contributed by atoms with E-state index < -0.39 is 5.60 Å². The van der Waals surface area contributed by atoms with Crippen molar-refractivity contribution in [3.63, 3.8) is 0 Å². The highest BCUT2D eigenvalue weighted by Gasteiger charge is 2.40. The third kappa shape index (κ3) is 2.78. The summed E-state index contributed by atoms with van der Waals surface area (Å²) in [5.41, 5.74) is 9.67. The van der Waals surface area contributed by atoms with Crippen LogP contribution in [0.25, 0.3) is 16.6 Å². The molecule has 1 saturated heterocycles. The van der Waals surface area contributed by atoms with Crippen LogP contribution in [0.1, 0.15) is 47.3 Å². The topological polar surface area (TPSA) is 121 Å². The number of hydrogen-bond acceptors (Lipinski definition) is 8. The van der Waals surface area contributed by atoms with Gasteiger partial charge in [-0.3, -0.25) is 4.98 Å². The molecule has 1 aliphatic carbocycles. The van der Waals surface area contributed by atoms with Crippen molar-refractivity contribution in [2.24, 2.45) is 0 Å². The molecule has 32 heavy (non-hydrogen) atoms. The number of aryl methyl sites for hydroxylation is 1. The zero-order valence-electron chi connectivity index (χ0n) is 17.9. The smallest absolute Gasteiger partial charge is 0.223 e. The third-order valence-corrected chi connectivity index (χ3v) is 6.75. The molecule has 3 aromatic heterocycles. The van der Waals surface area contributed by atoms with E-state index in [-0.39, 0.29) is 11.9 Å². The number of benzene rings is 1. The Labute approximate surface area is 184 Å². The first kappa shape index (κ1) is 19.4. The fourth-order valence-corrected chi connectivity index (χ4v) is 4.76. The molecule has 1 aliphatic heterocycles. The summed E-state index contributed by atoms with van der Waals surface area (Å²) in [5.74, 6) is 2.32. The molecule has 0 unspecified atom stereocenters. The predicted molar refractivity (Wildman–Crippen MR) is 118 cm³/mol. The molecule has 2 fully saturated rings. The van der Waals surface area contributed by atoms with Crippen molar-refractivity contribution in [2.45, 2.75) is 37.2 Å². The van der Waals surface area contributed by atoms with Gasteiger partial charge in [-0.25, -0.2) is 9.97 Å².